The van der Waals surface area contributed by atoms with Crippen LogP contribution in [0, 0.1) is 0 Å². The van der Waals surface area contributed by atoms with E-state index in [0.29, 0.717) is 10.0 Å². The van der Waals surface area contributed by atoms with E-state index in [0.717, 1.165) is 12.0 Å². The molecule has 0 amide bonds. The van der Waals surface area contributed by atoms with Crippen molar-refractivity contribution in [3.05, 3.63) is 33.8 Å². The van der Waals surface area contributed by atoms with Gasteiger partial charge in [0.05, 0.1) is 6.04 Å². The SMILES string of the molecule is CC[C@H](NO)c1c(Cl)cccc1Cl. The molecular weight excluding hydrogens is 209 g/mol. The van der Waals surface area contributed by atoms with Crippen molar-refractivity contribution in [3.63, 3.8) is 0 Å². The van der Waals surface area contributed by atoms with Crippen molar-refractivity contribution in [2.45, 2.75) is 19.4 Å². The van der Waals surface area contributed by atoms with E-state index in [2.05, 4.69) is 5.48 Å². The normalized spacial score (nSPS) is 12.9. The van der Waals surface area contributed by atoms with Gasteiger partial charge in [0.2, 0.25) is 0 Å². The summed E-state index contributed by atoms with van der Waals surface area (Å²) in [4.78, 5) is 0. The van der Waals surface area contributed by atoms with Gasteiger partial charge in [0, 0.05) is 15.6 Å². The lowest BCUT2D eigenvalue weighted by atomic mass is 10.1. The molecule has 1 atom stereocenters. The Labute approximate surface area is 87.4 Å². The van der Waals surface area contributed by atoms with Crippen LogP contribution in [0.3, 0.4) is 0 Å². The zero-order valence-corrected chi connectivity index (χ0v) is 8.73. The lowest BCUT2D eigenvalue weighted by molar-refractivity contribution is 0.124. The summed E-state index contributed by atoms with van der Waals surface area (Å²) in [5.41, 5.74) is 2.93. The first-order valence-electron chi connectivity index (χ1n) is 4.04. The zero-order chi connectivity index (χ0) is 9.84. The standard InChI is InChI=1S/C9H11Cl2NO/c1-2-8(12-13)9-6(10)4-3-5-7(9)11/h3-5,8,12-13H,2H2,1H3/t8-/m0/s1. The number of rotatable bonds is 3. The maximum atomic E-state index is 8.86. The third-order valence-corrected chi connectivity index (χ3v) is 2.57. The van der Waals surface area contributed by atoms with Crippen LogP contribution in [0.4, 0.5) is 0 Å². The van der Waals surface area contributed by atoms with E-state index >= 15 is 0 Å². The fraction of sp³-hybridized carbons (Fsp3) is 0.333. The molecule has 2 N–H and O–H groups in total. The number of hydroxylamine groups is 1. The van der Waals surface area contributed by atoms with Gasteiger partial charge in [0.15, 0.2) is 0 Å². The molecule has 1 rings (SSSR count). The molecule has 1 aromatic rings. The Morgan fingerprint density at radius 2 is 1.92 bits per heavy atom. The van der Waals surface area contributed by atoms with Gasteiger partial charge < -0.3 is 5.21 Å². The zero-order valence-electron chi connectivity index (χ0n) is 7.22. The van der Waals surface area contributed by atoms with Crippen LogP contribution in [0.15, 0.2) is 18.2 Å². The minimum Gasteiger partial charge on any atom is -0.316 e. The Bertz CT molecular complexity index is 267. The van der Waals surface area contributed by atoms with Gasteiger partial charge in [-0.1, -0.05) is 36.2 Å². The van der Waals surface area contributed by atoms with E-state index in [9.17, 15) is 0 Å². The van der Waals surface area contributed by atoms with Gasteiger partial charge in [-0.3, -0.25) is 0 Å². The largest absolute Gasteiger partial charge is 0.316 e. The highest BCUT2D eigenvalue weighted by atomic mass is 35.5. The second-order valence-corrected chi connectivity index (χ2v) is 3.54. The number of nitrogens with one attached hydrogen (secondary N) is 1. The lowest BCUT2D eigenvalue weighted by Gasteiger charge is -2.15. The third kappa shape index (κ3) is 2.35. The van der Waals surface area contributed by atoms with E-state index in [1.165, 1.54) is 0 Å². The summed E-state index contributed by atoms with van der Waals surface area (Å²) >= 11 is 11.9. The number of hydrogen-bond acceptors (Lipinski definition) is 2. The molecule has 0 unspecified atom stereocenters. The predicted molar refractivity (Wildman–Crippen MR) is 54.4 cm³/mol. The molecule has 72 valence electrons. The van der Waals surface area contributed by atoms with Crippen molar-refractivity contribution in [2.24, 2.45) is 0 Å². The highest BCUT2D eigenvalue weighted by molar-refractivity contribution is 6.36. The van der Waals surface area contributed by atoms with Gasteiger partial charge in [0.25, 0.3) is 0 Å². The molecule has 0 fully saturated rings. The smallest absolute Gasteiger partial charge is 0.0595 e. The fourth-order valence-electron chi connectivity index (χ4n) is 1.20. The summed E-state index contributed by atoms with van der Waals surface area (Å²) in [7, 11) is 0. The Hall–Kier alpha value is -0.280. The van der Waals surface area contributed by atoms with Crippen molar-refractivity contribution >= 4 is 23.2 Å². The molecule has 0 aliphatic carbocycles. The molecule has 1 aromatic carbocycles. The van der Waals surface area contributed by atoms with Crippen LogP contribution in [0.25, 0.3) is 0 Å². The molecule has 0 heterocycles. The maximum absolute atomic E-state index is 8.86. The molecule has 2 nitrogen and oxygen atoms in total. The van der Waals surface area contributed by atoms with Crippen LogP contribution in [-0.4, -0.2) is 5.21 Å². The summed E-state index contributed by atoms with van der Waals surface area (Å²) in [5.74, 6) is 0. The van der Waals surface area contributed by atoms with Crippen LogP contribution >= 0.6 is 23.2 Å². The van der Waals surface area contributed by atoms with Crippen LogP contribution < -0.4 is 5.48 Å². The molecule has 0 aliphatic rings. The van der Waals surface area contributed by atoms with Crippen molar-refractivity contribution in [1.29, 1.82) is 0 Å². The van der Waals surface area contributed by atoms with E-state index in [4.69, 9.17) is 28.4 Å². The highest BCUT2D eigenvalue weighted by Crippen LogP contribution is 2.31. The quantitative estimate of drug-likeness (QED) is 0.765. The molecule has 0 saturated heterocycles. The molecule has 0 saturated carbocycles. The van der Waals surface area contributed by atoms with Crippen molar-refractivity contribution in [1.82, 2.24) is 5.48 Å². The third-order valence-electron chi connectivity index (χ3n) is 1.91. The Morgan fingerprint density at radius 1 is 1.38 bits per heavy atom. The van der Waals surface area contributed by atoms with Crippen LogP contribution in [0.2, 0.25) is 10.0 Å². The molecule has 13 heavy (non-hydrogen) atoms. The molecule has 0 bridgehead atoms. The summed E-state index contributed by atoms with van der Waals surface area (Å²) in [6.07, 6.45) is 0.722. The first-order valence-corrected chi connectivity index (χ1v) is 4.79. The maximum Gasteiger partial charge on any atom is 0.0595 e. The average molecular weight is 220 g/mol. The van der Waals surface area contributed by atoms with Crippen molar-refractivity contribution in [2.75, 3.05) is 0 Å². The van der Waals surface area contributed by atoms with E-state index in [1.807, 2.05) is 6.92 Å². The van der Waals surface area contributed by atoms with Gasteiger partial charge in [-0.05, 0) is 18.6 Å². The summed E-state index contributed by atoms with van der Waals surface area (Å²) in [6.45, 7) is 1.94. The topological polar surface area (TPSA) is 32.3 Å². The Kier molecular flexibility index (Phi) is 4.00. The molecule has 4 heteroatoms. The fourth-order valence-corrected chi connectivity index (χ4v) is 1.86. The van der Waals surface area contributed by atoms with Crippen LogP contribution in [0.5, 0.6) is 0 Å². The molecule has 0 aromatic heterocycles. The first kappa shape index (κ1) is 10.8. The summed E-state index contributed by atoms with van der Waals surface area (Å²) in [5, 5.41) is 10.0. The van der Waals surface area contributed by atoms with Crippen molar-refractivity contribution < 1.29 is 5.21 Å². The minimum absolute atomic E-state index is 0.207. The van der Waals surface area contributed by atoms with Gasteiger partial charge in [-0.2, -0.15) is 5.48 Å². The Balaban J connectivity index is 3.10. The van der Waals surface area contributed by atoms with E-state index < -0.39 is 0 Å². The monoisotopic (exact) mass is 219 g/mol. The highest BCUT2D eigenvalue weighted by Gasteiger charge is 2.14. The minimum atomic E-state index is -0.207. The second-order valence-electron chi connectivity index (χ2n) is 2.73. The van der Waals surface area contributed by atoms with Crippen LogP contribution in [-0.2, 0) is 0 Å². The van der Waals surface area contributed by atoms with E-state index in [-0.39, 0.29) is 6.04 Å². The number of halogens is 2. The number of benzene rings is 1. The van der Waals surface area contributed by atoms with Gasteiger partial charge in [0.1, 0.15) is 0 Å². The predicted octanol–water partition coefficient (Wildman–Crippen LogP) is 3.42. The van der Waals surface area contributed by atoms with Gasteiger partial charge in [-0.25, -0.2) is 0 Å². The Morgan fingerprint density at radius 3 is 2.31 bits per heavy atom. The molecule has 0 radical (unpaired) electrons. The molecule has 0 spiro atoms. The first-order chi connectivity index (χ1) is 6.20. The van der Waals surface area contributed by atoms with Gasteiger partial charge >= 0.3 is 0 Å². The van der Waals surface area contributed by atoms with E-state index in [1.54, 1.807) is 18.2 Å². The lowest BCUT2D eigenvalue weighted by Crippen LogP contribution is -2.16. The molecular formula is C9H11Cl2NO. The number of hydrogen-bond donors (Lipinski definition) is 2. The van der Waals surface area contributed by atoms with Gasteiger partial charge in [-0.15, -0.1) is 0 Å². The summed E-state index contributed by atoms with van der Waals surface area (Å²) < 4.78 is 0. The van der Waals surface area contributed by atoms with Crippen molar-refractivity contribution in [3.8, 4) is 0 Å². The van der Waals surface area contributed by atoms with Crippen LogP contribution in [0.1, 0.15) is 24.9 Å². The second kappa shape index (κ2) is 4.82. The molecule has 0 aliphatic heterocycles. The average Bonchev–Trinajstić information content (AvgIpc) is 2.11. The summed E-state index contributed by atoms with van der Waals surface area (Å²) in [6, 6.07) is 5.07.